The van der Waals surface area contributed by atoms with Crippen LogP contribution in [0.4, 0.5) is 11.5 Å². The summed E-state index contributed by atoms with van der Waals surface area (Å²) in [5.74, 6) is 0.620. The molecule has 0 saturated heterocycles. The second-order valence-electron chi connectivity index (χ2n) is 7.77. The monoisotopic (exact) mass is 510 g/mol. The SMILES string of the molecule is Cc1cc(NC(=O)c2cccc(COc3ccc([N+](=O)[O-])cc3)c2)nn1Cc1ccc(Cl)c(Cl)c1. The highest BCUT2D eigenvalue weighted by atomic mass is 35.5. The lowest BCUT2D eigenvalue weighted by atomic mass is 10.1. The average Bonchev–Trinajstić information content (AvgIpc) is 3.18. The minimum absolute atomic E-state index is 0.00865. The number of carbonyl (C=O) groups is 1. The Morgan fingerprint density at radius 2 is 1.80 bits per heavy atom. The van der Waals surface area contributed by atoms with Gasteiger partial charge in [0.1, 0.15) is 12.4 Å². The van der Waals surface area contributed by atoms with E-state index in [0.717, 1.165) is 16.8 Å². The Labute approximate surface area is 211 Å². The topological polar surface area (TPSA) is 99.3 Å². The zero-order chi connectivity index (χ0) is 24.9. The Hall–Kier alpha value is -3.88. The minimum atomic E-state index is -0.469. The van der Waals surface area contributed by atoms with Gasteiger partial charge in [0.25, 0.3) is 11.6 Å². The third-order valence-corrected chi connectivity index (χ3v) is 5.92. The molecule has 0 aliphatic carbocycles. The van der Waals surface area contributed by atoms with Gasteiger partial charge in [-0.25, -0.2) is 0 Å². The van der Waals surface area contributed by atoms with Crippen molar-refractivity contribution < 1.29 is 14.5 Å². The third kappa shape index (κ3) is 6.17. The summed E-state index contributed by atoms with van der Waals surface area (Å²) in [5.41, 5.74) is 3.02. The maximum atomic E-state index is 12.8. The minimum Gasteiger partial charge on any atom is -0.489 e. The number of amides is 1. The van der Waals surface area contributed by atoms with Crippen molar-refractivity contribution in [1.82, 2.24) is 9.78 Å². The number of hydrogen-bond donors (Lipinski definition) is 1. The molecule has 0 aliphatic rings. The Bertz CT molecular complexity index is 1390. The zero-order valence-corrected chi connectivity index (χ0v) is 20.1. The fourth-order valence-corrected chi connectivity index (χ4v) is 3.68. The summed E-state index contributed by atoms with van der Waals surface area (Å²) in [5, 5.41) is 19.0. The smallest absolute Gasteiger partial charge is 0.269 e. The molecule has 1 aromatic heterocycles. The average molecular weight is 511 g/mol. The van der Waals surface area contributed by atoms with E-state index in [9.17, 15) is 14.9 Å². The molecule has 0 saturated carbocycles. The molecule has 8 nitrogen and oxygen atoms in total. The highest BCUT2D eigenvalue weighted by molar-refractivity contribution is 6.42. The predicted octanol–water partition coefficient (Wildman–Crippen LogP) is 6.29. The maximum absolute atomic E-state index is 12.8. The van der Waals surface area contributed by atoms with Crippen LogP contribution in [-0.2, 0) is 13.2 Å². The van der Waals surface area contributed by atoms with E-state index in [4.69, 9.17) is 27.9 Å². The summed E-state index contributed by atoms with van der Waals surface area (Å²) >= 11 is 12.1. The predicted molar refractivity (Wildman–Crippen MR) is 134 cm³/mol. The van der Waals surface area contributed by atoms with Gasteiger partial charge < -0.3 is 10.1 Å². The van der Waals surface area contributed by atoms with E-state index in [-0.39, 0.29) is 18.2 Å². The van der Waals surface area contributed by atoms with E-state index < -0.39 is 4.92 Å². The molecule has 35 heavy (non-hydrogen) atoms. The van der Waals surface area contributed by atoms with Gasteiger partial charge in [0.15, 0.2) is 5.82 Å². The fourth-order valence-electron chi connectivity index (χ4n) is 3.36. The van der Waals surface area contributed by atoms with Crippen molar-refractivity contribution in [3.8, 4) is 5.75 Å². The number of nitrogens with one attached hydrogen (secondary N) is 1. The Morgan fingerprint density at radius 1 is 1.03 bits per heavy atom. The maximum Gasteiger partial charge on any atom is 0.269 e. The highest BCUT2D eigenvalue weighted by Crippen LogP contribution is 2.24. The van der Waals surface area contributed by atoms with Crippen LogP contribution >= 0.6 is 23.2 Å². The van der Waals surface area contributed by atoms with E-state index in [1.165, 1.54) is 24.3 Å². The molecular weight excluding hydrogens is 491 g/mol. The second-order valence-corrected chi connectivity index (χ2v) is 8.59. The van der Waals surface area contributed by atoms with Crippen LogP contribution in [-0.4, -0.2) is 20.6 Å². The highest BCUT2D eigenvalue weighted by Gasteiger charge is 2.12. The van der Waals surface area contributed by atoms with Crippen LogP contribution in [0.2, 0.25) is 10.0 Å². The molecule has 0 radical (unpaired) electrons. The molecule has 1 N–H and O–H groups in total. The first-order chi connectivity index (χ1) is 16.8. The number of nitro groups is 1. The lowest BCUT2D eigenvalue weighted by Crippen LogP contribution is -2.13. The first-order valence-corrected chi connectivity index (χ1v) is 11.3. The van der Waals surface area contributed by atoms with E-state index in [1.54, 1.807) is 41.1 Å². The Balaban J connectivity index is 1.39. The van der Waals surface area contributed by atoms with Gasteiger partial charge in [0.2, 0.25) is 0 Å². The van der Waals surface area contributed by atoms with Crippen LogP contribution in [0.3, 0.4) is 0 Å². The van der Waals surface area contributed by atoms with Gasteiger partial charge in [-0.2, -0.15) is 5.10 Å². The van der Waals surface area contributed by atoms with Crippen LogP contribution in [0, 0.1) is 17.0 Å². The Morgan fingerprint density at radius 3 is 2.51 bits per heavy atom. The molecule has 0 aliphatic heterocycles. The molecule has 0 bridgehead atoms. The number of anilines is 1. The summed E-state index contributed by atoms with van der Waals surface area (Å²) in [6.07, 6.45) is 0. The molecule has 178 valence electrons. The summed E-state index contributed by atoms with van der Waals surface area (Å²) in [7, 11) is 0. The first-order valence-electron chi connectivity index (χ1n) is 10.5. The molecule has 4 rings (SSSR count). The molecule has 3 aromatic carbocycles. The lowest BCUT2D eigenvalue weighted by Gasteiger charge is -2.08. The number of hydrogen-bond acceptors (Lipinski definition) is 5. The number of nitrogens with zero attached hydrogens (tertiary/aromatic N) is 3. The van der Waals surface area contributed by atoms with Crippen molar-refractivity contribution in [3.05, 3.63) is 115 Å². The van der Waals surface area contributed by atoms with Gasteiger partial charge in [-0.1, -0.05) is 41.4 Å². The molecule has 1 heterocycles. The largest absolute Gasteiger partial charge is 0.489 e. The molecule has 1 amide bonds. The Kier molecular flexibility index (Phi) is 7.33. The summed E-state index contributed by atoms with van der Waals surface area (Å²) in [6.45, 7) is 2.58. The standard InChI is InChI=1S/C25H20Cl2N4O4/c1-16-11-24(29-30(16)14-17-5-10-22(26)23(27)13-17)28-25(32)19-4-2-3-18(12-19)15-35-21-8-6-20(7-9-21)31(33)34/h2-13H,14-15H2,1H3,(H,28,29,32). The number of non-ortho nitro benzene ring substituents is 1. The number of aromatic nitrogens is 2. The molecule has 0 spiro atoms. The van der Waals surface area contributed by atoms with Gasteiger partial charge in [-0.15, -0.1) is 0 Å². The first kappa shape index (κ1) is 24.3. The van der Waals surface area contributed by atoms with Crippen molar-refractivity contribution in [3.63, 3.8) is 0 Å². The van der Waals surface area contributed by atoms with Crippen LogP contribution in [0.1, 0.15) is 27.2 Å². The van der Waals surface area contributed by atoms with Gasteiger partial charge >= 0.3 is 0 Å². The quantitative estimate of drug-likeness (QED) is 0.222. The van der Waals surface area contributed by atoms with E-state index in [2.05, 4.69) is 10.4 Å². The third-order valence-electron chi connectivity index (χ3n) is 5.18. The second kappa shape index (κ2) is 10.6. The number of aryl methyl sites for hydroxylation is 1. The summed E-state index contributed by atoms with van der Waals surface area (Å²) < 4.78 is 7.45. The van der Waals surface area contributed by atoms with Crippen LogP contribution < -0.4 is 10.1 Å². The lowest BCUT2D eigenvalue weighted by molar-refractivity contribution is -0.384. The number of nitro benzene ring substituents is 1. The number of benzene rings is 3. The van der Waals surface area contributed by atoms with Gasteiger partial charge in [-0.05, 0) is 54.4 Å². The van der Waals surface area contributed by atoms with Crippen molar-refractivity contribution in [1.29, 1.82) is 0 Å². The van der Waals surface area contributed by atoms with Crippen molar-refractivity contribution >= 4 is 40.6 Å². The molecule has 4 aromatic rings. The zero-order valence-electron chi connectivity index (χ0n) is 18.6. The van der Waals surface area contributed by atoms with Crippen LogP contribution in [0.5, 0.6) is 5.75 Å². The van der Waals surface area contributed by atoms with Crippen molar-refractivity contribution in [2.45, 2.75) is 20.1 Å². The number of ether oxygens (including phenoxy) is 1. The van der Waals surface area contributed by atoms with E-state index in [0.29, 0.717) is 33.7 Å². The molecule has 0 unspecified atom stereocenters. The normalized spacial score (nSPS) is 10.7. The van der Waals surface area contributed by atoms with Crippen molar-refractivity contribution in [2.75, 3.05) is 5.32 Å². The molecule has 10 heteroatoms. The number of carbonyl (C=O) groups excluding carboxylic acids is 1. The fraction of sp³-hybridized carbons (Fsp3) is 0.120. The van der Waals surface area contributed by atoms with Crippen LogP contribution in [0.25, 0.3) is 0 Å². The van der Waals surface area contributed by atoms with E-state index >= 15 is 0 Å². The molecular formula is C25H20Cl2N4O4. The summed E-state index contributed by atoms with van der Waals surface area (Å²) in [6, 6.07) is 20.0. The summed E-state index contributed by atoms with van der Waals surface area (Å²) in [4.78, 5) is 23.1. The van der Waals surface area contributed by atoms with E-state index in [1.807, 2.05) is 19.1 Å². The van der Waals surface area contributed by atoms with Crippen LogP contribution in [0.15, 0.2) is 72.8 Å². The number of halogens is 2. The molecule has 0 fully saturated rings. The van der Waals surface area contributed by atoms with Gasteiger partial charge in [0, 0.05) is 29.5 Å². The molecule has 0 atom stereocenters. The number of rotatable bonds is 8. The van der Waals surface area contributed by atoms with Gasteiger partial charge in [0.05, 0.1) is 21.5 Å². The van der Waals surface area contributed by atoms with Gasteiger partial charge in [-0.3, -0.25) is 19.6 Å². The van der Waals surface area contributed by atoms with Crippen molar-refractivity contribution in [2.24, 2.45) is 0 Å².